The lowest BCUT2D eigenvalue weighted by Gasteiger charge is -2.09. The van der Waals surface area contributed by atoms with Gasteiger partial charge in [0, 0.05) is 21.7 Å². The summed E-state index contributed by atoms with van der Waals surface area (Å²) >= 11 is 12.0. The minimum atomic E-state index is -0.394. The third-order valence-electron chi connectivity index (χ3n) is 3.35. The summed E-state index contributed by atoms with van der Waals surface area (Å²) in [6.07, 6.45) is 0. The van der Waals surface area contributed by atoms with Gasteiger partial charge < -0.3 is 0 Å². The van der Waals surface area contributed by atoms with Crippen LogP contribution in [-0.4, -0.2) is 9.78 Å². The van der Waals surface area contributed by atoms with Crippen molar-refractivity contribution in [3.05, 3.63) is 86.4 Å². The molecule has 0 bridgehead atoms. The first-order valence-electron chi connectivity index (χ1n) is 6.81. The molecule has 0 aliphatic heterocycles. The first kappa shape index (κ1) is 15.7. The molecule has 116 valence electrons. The molecule has 3 nitrogen and oxygen atoms in total. The summed E-state index contributed by atoms with van der Waals surface area (Å²) < 4.78 is 15.1. The van der Waals surface area contributed by atoms with Gasteiger partial charge in [0.15, 0.2) is 0 Å². The van der Waals surface area contributed by atoms with E-state index in [0.717, 1.165) is 0 Å². The van der Waals surface area contributed by atoms with Gasteiger partial charge in [0.25, 0.3) is 5.56 Å². The van der Waals surface area contributed by atoms with Crippen molar-refractivity contribution in [2.75, 3.05) is 0 Å². The maximum atomic E-state index is 13.9. The summed E-state index contributed by atoms with van der Waals surface area (Å²) in [5.41, 5.74) is 1.13. The number of rotatable bonds is 3. The normalized spacial score (nSPS) is 10.7. The average molecular weight is 349 g/mol. The van der Waals surface area contributed by atoms with Crippen LogP contribution in [0.15, 0.2) is 59.4 Å². The monoisotopic (exact) mass is 348 g/mol. The van der Waals surface area contributed by atoms with Crippen LogP contribution >= 0.6 is 23.2 Å². The largest absolute Gasteiger partial charge is 0.268 e. The van der Waals surface area contributed by atoms with Gasteiger partial charge in [0.05, 0.1) is 12.2 Å². The van der Waals surface area contributed by atoms with Crippen molar-refractivity contribution in [3.63, 3.8) is 0 Å². The van der Waals surface area contributed by atoms with E-state index >= 15 is 0 Å². The Morgan fingerprint density at radius 2 is 1.83 bits per heavy atom. The summed E-state index contributed by atoms with van der Waals surface area (Å²) in [6.45, 7) is 0.178. The molecule has 0 fully saturated rings. The summed E-state index contributed by atoms with van der Waals surface area (Å²) in [4.78, 5) is 12.0. The summed E-state index contributed by atoms with van der Waals surface area (Å²) in [6, 6.07) is 14.2. The van der Waals surface area contributed by atoms with E-state index in [9.17, 15) is 9.18 Å². The van der Waals surface area contributed by atoms with Crippen LogP contribution in [0.4, 0.5) is 4.39 Å². The highest BCUT2D eigenvalue weighted by molar-refractivity contribution is 6.35. The zero-order chi connectivity index (χ0) is 16.4. The molecule has 0 atom stereocenters. The van der Waals surface area contributed by atoms with Crippen molar-refractivity contribution in [1.82, 2.24) is 9.78 Å². The van der Waals surface area contributed by atoms with E-state index in [-0.39, 0.29) is 12.1 Å². The highest BCUT2D eigenvalue weighted by Gasteiger charge is 2.09. The fourth-order valence-electron chi connectivity index (χ4n) is 2.19. The van der Waals surface area contributed by atoms with Crippen LogP contribution in [0.1, 0.15) is 5.56 Å². The molecule has 0 saturated heterocycles. The van der Waals surface area contributed by atoms with Crippen molar-refractivity contribution in [3.8, 4) is 11.3 Å². The Morgan fingerprint density at radius 1 is 1.04 bits per heavy atom. The van der Waals surface area contributed by atoms with Crippen LogP contribution < -0.4 is 5.56 Å². The predicted octanol–water partition coefficient (Wildman–Crippen LogP) is 4.40. The minimum absolute atomic E-state index is 0.178. The molecule has 0 radical (unpaired) electrons. The number of halogens is 3. The molecule has 6 heteroatoms. The summed E-state index contributed by atoms with van der Waals surface area (Å²) in [5, 5.41) is 5.19. The van der Waals surface area contributed by atoms with Gasteiger partial charge in [-0.3, -0.25) is 4.79 Å². The molecule has 0 N–H and O–H groups in total. The quantitative estimate of drug-likeness (QED) is 0.702. The molecule has 2 aromatic carbocycles. The van der Waals surface area contributed by atoms with Gasteiger partial charge in [-0.05, 0) is 35.9 Å². The number of benzene rings is 2. The molecule has 1 heterocycles. The SMILES string of the molecule is O=c1ccc(-c2ccccc2F)nn1Cc1ccc(Cl)cc1Cl. The van der Waals surface area contributed by atoms with Gasteiger partial charge in [0.2, 0.25) is 0 Å². The van der Waals surface area contributed by atoms with E-state index in [1.54, 1.807) is 36.4 Å². The fraction of sp³-hybridized carbons (Fsp3) is 0.0588. The van der Waals surface area contributed by atoms with Crippen LogP contribution in [0.2, 0.25) is 10.0 Å². The van der Waals surface area contributed by atoms with E-state index in [0.29, 0.717) is 26.9 Å². The summed E-state index contributed by atoms with van der Waals surface area (Å²) in [5.74, 6) is -0.394. The fourth-order valence-corrected chi connectivity index (χ4v) is 2.65. The molecule has 0 unspecified atom stereocenters. The third-order valence-corrected chi connectivity index (χ3v) is 3.94. The van der Waals surface area contributed by atoms with Crippen LogP contribution in [-0.2, 0) is 6.54 Å². The first-order valence-corrected chi connectivity index (χ1v) is 7.57. The lowest BCUT2D eigenvalue weighted by Crippen LogP contribution is -2.23. The Hall–Kier alpha value is -2.17. The maximum Gasteiger partial charge on any atom is 0.267 e. The zero-order valence-electron chi connectivity index (χ0n) is 11.8. The number of hydrogen-bond donors (Lipinski definition) is 0. The van der Waals surface area contributed by atoms with Crippen LogP contribution in [0.3, 0.4) is 0 Å². The average Bonchev–Trinajstić information content (AvgIpc) is 2.52. The van der Waals surface area contributed by atoms with Crippen LogP contribution in [0, 0.1) is 5.82 Å². The van der Waals surface area contributed by atoms with Crippen LogP contribution in [0.25, 0.3) is 11.3 Å². The van der Waals surface area contributed by atoms with E-state index in [1.807, 2.05) is 0 Å². The Balaban J connectivity index is 2.02. The van der Waals surface area contributed by atoms with Crippen LogP contribution in [0.5, 0.6) is 0 Å². The topological polar surface area (TPSA) is 34.9 Å². The van der Waals surface area contributed by atoms with E-state index in [2.05, 4.69) is 5.10 Å². The molecule has 0 aliphatic carbocycles. The minimum Gasteiger partial charge on any atom is -0.268 e. The van der Waals surface area contributed by atoms with E-state index in [4.69, 9.17) is 23.2 Å². The Kier molecular flexibility index (Phi) is 4.46. The predicted molar refractivity (Wildman–Crippen MR) is 89.5 cm³/mol. The Labute approximate surface area is 141 Å². The molecule has 1 aromatic heterocycles. The highest BCUT2D eigenvalue weighted by atomic mass is 35.5. The molecule has 0 saturated carbocycles. The van der Waals surface area contributed by atoms with E-state index < -0.39 is 5.82 Å². The Morgan fingerprint density at radius 3 is 2.57 bits per heavy atom. The molecular weight excluding hydrogens is 338 g/mol. The number of hydrogen-bond acceptors (Lipinski definition) is 2. The lowest BCUT2D eigenvalue weighted by atomic mass is 10.1. The van der Waals surface area contributed by atoms with Crippen molar-refractivity contribution in [2.45, 2.75) is 6.54 Å². The molecule has 3 aromatic rings. The van der Waals surface area contributed by atoms with Gasteiger partial charge in [-0.25, -0.2) is 9.07 Å². The molecule has 0 spiro atoms. The Bertz CT molecular complexity index is 924. The van der Waals surface area contributed by atoms with Crippen molar-refractivity contribution >= 4 is 23.2 Å². The van der Waals surface area contributed by atoms with Gasteiger partial charge in [0.1, 0.15) is 5.82 Å². The van der Waals surface area contributed by atoms with Gasteiger partial charge >= 0.3 is 0 Å². The molecule has 23 heavy (non-hydrogen) atoms. The lowest BCUT2D eigenvalue weighted by molar-refractivity contribution is 0.620. The summed E-state index contributed by atoms with van der Waals surface area (Å²) in [7, 11) is 0. The van der Waals surface area contributed by atoms with Gasteiger partial charge in [-0.2, -0.15) is 5.10 Å². The second-order valence-corrected chi connectivity index (χ2v) is 5.77. The number of nitrogens with zero attached hydrogens (tertiary/aromatic N) is 2. The maximum absolute atomic E-state index is 13.9. The van der Waals surface area contributed by atoms with Gasteiger partial charge in [-0.15, -0.1) is 0 Å². The second kappa shape index (κ2) is 6.52. The molecule has 3 rings (SSSR count). The molecular formula is C17H11Cl2FN2O. The first-order chi connectivity index (χ1) is 11.0. The third kappa shape index (κ3) is 3.44. The van der Waals surface area contributed by atoms with Crippen molar-refractivity contribution < 1.29 is 4.39 Å². The van der Waals surface area contributed by atoms with E-state index in [1.165, 1.54) is 22.9 Å². The standard InChI is InChI=1S/C17H11Cl2FN2O/c18-12-6-5-11(14(19)9-12)10-22-17(23)8-7-16(21-22)13-3-1-2-4-15(13)20/h1-9H,10H2. The smallest absolute Gasteiger partial charge is 0.267 e. The zero-order valence-corrected chi connectivity index (χ0v) is 13.4. The number of aromatic nitrogens is 2. The molecule has 0 amide bonds. The van der Waals surface area contributed by atoms with Crippen molar-refractivity contribution in [1.29, 1.82) is 0 Å². The second-order valence-electron chi connectivity index (χ2n) is 4.93. The van der Waals surface area contributed by atoms with Crippen molar-refractivity contribution in [2.24, 2.45) is 0 Å². The van der Waals surface area contributed by atoms with Gasteiger partial charge in [-0.1, -0.05) is 41.4 Å². The molecule has 0 aliphatic rings. The highest BCUT2D eigenvalue weighted by Crippen LogP contribution is 2.22.